The zero-order valence-corrected chi connectivity index (χ0v) is 16.6. The Morgan fingerprint density at radius 1 is 0.871 bits per heavy atom. The van der Waals surface area contributed by atoms with Gasteiger partial charge in [0.25, 0.3) is 0 Å². The topological polar surface area (TPSA) is 38.3 Å². The minimum Gasteiger partial charge on any atom is -0.481 e. The first-order valence-corrected chi connectivity index (χ1v) is 9.59. The molecule has 158 valence electrons. The highest BCUT2D eigenvalue weighted by Gasteiger charge is 2.30. The first-order valence-electron chi connectivity index (χ1n) is 9.59. The Morgan fingerprint density at radius 2 is 1.58 bits per heavy atom. The normalized spacial score (nSPS) is 10.7. The molecule has 0 radical (unpaired) electrons. The van der Waals surface area contributed by atoms with Crippen molar-refractivity contribution >= 4 is 5.91 Å². The molecule has 3 aromatic carbocycles. The molecule has 0 fully saturated rings. The Morgan fingerprint density at radius 3 is 2.29 bits per heavy atom. The lowest BCUT2D eigenvalue weighted by atomic mass is 10.0. The Balaban J connectivity index is 1.41. The van der Waals surface area contributed by atoms with E-state index in [0.717, 1.165) is 28.8 Å². The van der Waals surface area contributed by atoms with Crippen LogP contribution >= 0.6 is 0 Å². The second-order valence-corrected chi connectivity index (χ2v) is 6.68. The Labute approximate surface area is 178 Å². The molecule has 0 aliphatic heterocycles. The van der Waals surface area contributed by atoms with Crippen LogP contribution in [-0.4, -0.2) is 19.1 Å². The lowest BCUT2D eigenvalue weighted by molar-refractivity contribution is -0.137. The van der Waals surface area contributed by atoms with E-state index in [9.17, 15) is 18.0 Å². The summed E-state index contributed by atoms with van der Waals surface area (Å²) < 4.78 is 43.2. The number of halogens is 3. The SMILES string of the molecule is O=C(Cc1ccc(-c2ccccc2)cc1)NCC#CCOc1cccc(C(F)(F)F)c1. The Bertz CT molecular complexity index is 1070. The molecule has 3 rings (SSSR count). The van der Waals surface area contributed by atoms with Crippen LogP contribution in [-0.2, 0) is 17.4 Å². The van der Waals surface area contributed by atoms with Gasteiger partial charge in [0.15, 0.2) is 0 Å². The van der Waals surface area contributed by atoms with Gasteiger partial charge < -0.3 is 10.1 Å². The van der Waals surface area contributed by atoms with Gasteiger partial charge in [0.05, 0.1) is 18.5 Å². The number of carbonyl (C=O) groups is 1. The van der Waals surface area contributed by atoms with Gasteiger partial charge in [0, 0.05) is 0 Å². The van der Waals surface area contributed by atoms with Crippen LogP contribution in [0, 0.1) is 11.8 Å². The van der Waals surface area contributed by atoms with Gasteiger partial charge in [-0.25, -0.2) is 0 Å². The van der Waals surface area contributed by atoms with Crippen molar-refractivity contribution in [1.29, 1.82) is 0 Å². The number of rotatable bonds is 6. The van der Waals surface area contributed by atoms with Gasteiger partial charge in [-0.1, -0.05) is 72.5 Å². The molecule has 0 unspecified atom stereocenters. The molecule has 1 N–H and O–H groups in total. The molecule has 3 aromatic rings. The van der Waals surface area contributed by atoms with Crippen LogP contribution in [0.1, 0.15) is 11.1 Å². The van der Waals surface area contributed by atoms with Crippen LogP contribution in [0.25, 0.3) is 11.1 Å². The summed E-state index contributed by atoms with van der Waals surface area (Å²) in [5.41, 5.74) is 2.30. The second kappa shape index (κ2) is 10.4. The molecule has 0 heterocycles. The van der Waals surface area contributed by atoms with E-state index in [1.54, 1.807) is 0 Å². The zero-order chi connectivity index (χ0) is 22.1. The largest absolute Gasteiger partial charge is 0.481 e. The number of benzene rings is 3. The van der Waals surface area contributed by atoms with E-state index in [1.165, 1.54) is 12.1 Å². The van der Waals surface area contributed by atoms with Crippen molar-refractivity contribution in [2.45, 2.75) is 12.6 Å². The molecule has 0 saturated heterocycles. The summed E-state index contributed by atoms with van der Waals surface area (Å²) >= 11 is 0. The standard InChI is InChI=1S/C25H20F3NO2/c26-25(27,28)22-9-6-10-23(18-22)31-16-5-4-15-29-24(30)17-19-11-13-21(14-12-19)20-7-2-1-3-8-20/h1-3,6-14,18H,15-17H2,(H,29,30). The van der Waals surface area contributed by atoms with Crippen LogP contribution < -0.4 is 10.1 Å². The molecule has 6 heteroatoms. The number of amides is 1. The van der Waals surface area contributed by atoms with Gasteiger partial charge in [-0.05, 0) is 34.9 Å². The molecule has 0 aliphatic rings. The number of hydrogen-bond donors (Lipinski definition) is 1. The third kappa shape index (κ3) is 6.93. The van der Waals surface area contributed by atoms with E-state index >= 15 is 0 Å². The number of carbonyl (C=O) groups excluding carboxylic acids is 1. The molecule has 31 heavy (non-hydrogen) atoms. The first-order chi connectivity index (χ1) is 14.9. The average molecular weight is 423 g/mol. The maximum atomic E-state index is 12.7. The van der Waals surface area contributed by atoms with Crippen molar-refractivity contribution in [3.63, 3.8) is 0 Å². The minimum atomic E-state index is -4.42. The molecule has 0 aliphatic carbocycles. The van der Waals surface area contributed by atoms with Crippen molar-refractivity contribution in [3.8, 4) is 28.7 Å². The Kier molecular flexibility index (Phi) is 7.34. The second-order valence-electron chi connectivity index (χ2n) is 6.68. The van der Waals surface area contributed by atoms with Gasteiger partial charge in [-0.2, -0.15) is 13.2 Å². The molecular formula is C25H20F3NO2. The number of ether oxygens (including phenoxy) is 1. The molecule has 3 nitrogen and oxygen atoms in total. The fraction of sp³-hybridized carbons (Fsp3) is 0.160. The number of nitrogens with one attached hydrogen (secondary N) is 1. The molecular weight excluding hydrogens is 403 g/mol. The van der Waals surface area contributed by atoms with Crippen molar-refractivity contribution in [3.05, 3.63) is 90.0 Å². The zero-order valence-electron chi connectivity index (χ0n) is 16.6. The van der Waals surface area contributed by atoms with Crippen molar-refractivity contribution in [2.75, 3.05) is 13.2 Å². The highest BCUT2D eigenvalue weighted by Crippen LogP contribution is 2.31. The van der Waals surface area contributed by atoms with Gasteiger partial charge in [0.2, 0.25) is 5.91 Å². The number of alkyl halides is 3. The van der Waals surface area contributed by atoms with E-state index in [1.807, 2.05) is 54.6 Å². The first kappa shape index (κ1) is 22.0. The Hall–Kier alpha value is -3.72. The summed E-state index contributed by atoms with van der Waals surface area (Å²) in [6.45, 7) is 0.0605. The van der Waals surface area contributed by atoms with E-state index in [2.05, 4.69) is 17.2 Å². The smallest absolute Gasteiger partial charge is 0.416 e. The molecule has 0 saturated carbocycles. The third-order valence-corrected chi connectivity index (χ3v) is 4.40. The predicted octanol–water partition coefficient (Wildman–Crippen LogP) is 5.11. The van der Waals surface area contributed by atoms with Crippen LogP contribution in [0.3, 0.4) is 0 Å². The molecule has 0 atom stereocenters. The summed E-state index contributed by atoms with van der Waals surface area (Å²) in [5, 5.41) is 2.69. The average Bonchev–Trinajstić information content (AvgIpc) is 2.77. The summed E-state index contributed by atoms with van der Waals surface area (Å²) in [6, 6.07) is 22.3. The number of hydrogen-bond acceptors (Lipinski definition) is 2. The summed E-state index contributed by atoms with van der Waals surface area (Å²) in [5.74, 6) is 5.31. The molecule has 1 amide bonds. The molecule has 0 bridgehead atoms. The van der Waals surface area contributed by atoms with E-state index in [4.69, 9.17) is 4.74 Å². The fourth-order valence-corrected chi connectivity index (χ4v) is 2.83. The predicted molar refractivity (Wildman–Crippen MR) is 113 cm³/mol. The van der Waals surface area contributed by atoms with Gasteiger partial charge >= 0.3 is 6.18 Å². The monoisotopic (exact) mass is 423 g/mol. The van der Waals surface area contributed by atoms with Crippen LogP contribution in [0.15, 0.2) is 78.9 Å². The molecule has 0 spiro atoms. The lowest BCUT2D eigenvalue weighted by Gasteiger charge is -2.08. The summed E-state index contributed by atoms with van der Waals surface area (Å²) in [4.78, 5) is 12.0. The lowest BCUT2D eigenvalue weighted by Crippen LogP contribution is -2.25. The summed E-state index contributed by atoms with van der Waals surface area (Å²) in [6.07, 6.45) is -4.19. The van der Waals surface area contributed by atoms with Crippen molar-refractivity contribution in [2.24, 2.45) is 0 Å². The molecule has 0 aromatic heterocycles. The van der Waals surface area contributed by atoms with Gasteiger partial charge in [0.1, 0.15) is 12.4 Å². The van der Waals surface area contributed by atoms with E-state index in [0.29, 0.717) is 0 Å². The van der Waals surface area contributed by atoms with Crippen LogP contribution in [0.4, 0.5) is 13.2 Å². The fourth-order valence-electron chi connectivity index (χ4n) is 2.83. The highest BCUT2D eigenvalue weighted by atomic mass is 19.4. The quantitative estimate of drug-likeness (QED) is 0.560. The van der Waals surface area contributed by atoms with E-state index < -0.39 is 11.7 Å². The maximum Gasteiger partial charge on any atom is 0.416 e. The van der Waals surface area contributed by atoms with Crippen molar-refractivity contribution in [1.82, 2.24) is 5.32 Å². The summed E-state index contributed by atoms with van der Waals surface area (Å²) in [7, 11) is 0. The minimum absolute atomic E-state index is 0.0713. The third-order valence-electron chi connectivity index (χ3n) is 4.40. The van der Waals surface area contributed by atoms with Crippen LogP contribution in [0.2, 0.25) is 0 Å². The van der Waals surface area contributed by atoms with Crippen molar-refractivity contribution < 1.29 is 22.7 Å². The highest BCUT2D eigenvalue weighted by molar-refractivity contribution is 5.79. The maximum absolute atomic E-state index is 12.7. The van der Waals surface area contributed by atoms with E-state index in [-0.39, 0.29) is 31.2 Å². The van der Waals surface area contributed by atoms with Crippen LogP contribution in [0.5, 0.6) is 5.75 Å². The van der Waals surface area contributed by atoms with Gasteiger partial charge in [-0.3, -0.25) is 4.79 Å². The van der Waals surface area contributed by atoms with Gasteiger partial charge in [-0.15, -0.1) is 0 Å².